The third-order valence-electron chi connectivity index (χ3n) is 14.7. The number of aliphatic hydroxyl groups excluding tert-OH is 4. The maximum absolute atomic E-state index is 12.6. The zero-order valence-electron chi connectivity index (χ0n) is 45.4. The number of rotatable bonds is 57. The van der Waals surface area contributed by atoms with Crippen LogP contribution in [0.5, 0.6) is 0 Å². The molecular weight excluding hydrogens is 827 g/mol. The van der Waals surface area contributed by atoms with E-state index < -0.39 is 36.9 Å². The first-order valence-corrected chi connectivity index (χ1v) is 30.6. The Kier molecular flexibility index (Phi) is 55.2. The lowest BCUT2D eigenvalue weighted by atomic mass is 9.99. The van der Waals surface area contributed by atoms with Gasteiger partial charge in [-0.3, -0.25) is 4.79 Å². The van der Waals surface area contributed by atoms with Crippen molar-refractivity contribution in [2.45, 2.75) is 366 Å². The summed E-state index contributed by atoms with van der Waals surface area (Å²) in [7, 11) is 0. The second-order valence-corrected chi connectivity index (χ2v) is 21.4. The van der Waals surface area contributed by atoms with Crippen LogP contribution in [0, 0.1) is 0 Å². The van der Waals surface area contributed by atoms with E-state index in [2.05, 4.69) is 31.3 Å². The minimum Gasteiger partial charge on any atom is -0.394 e. The molecule has 0 fully saturated rings. The summed E-state index contributed by atoms with van der Waals surface area (Å²) in [6.45, 7) is 4.10. The minimum atomic E-state index is -1.26. The molecule has 67 heavy (non-hydrogen) atoms. The summed E-state index contributed by atoms with van der Waals surface area (Å²) in [4.78, 5) is 12.6. The Balaban J connectivity index is 3.57. The van der Waals surface area contributed by atoms with Gasteiger partial charge in [0.15, 0.2) is 0 Å². The number of hydrogen-bond donors (Lipinski definition) is 5. The van der Waals surface area contributed by atoms with Crippen LogP contribution in [0.2, 0.25) is 0 Å². The van der Waals surface area contributed by atoms with E-state index in [1.54, 1.807) is 0 Å². The van der Waals surface area contributed by atoms with Gasteiger partial charge in [-0.15, -0.1) is 0 Å². The van der Waals surface area contributed by atoms with Crippen molar-refractivity contribution in [2.24, 2.45) is 0 Å². The van der Waals surface area contributed by atoms with Gasteiger partial charge < -0.3 is 25.7 Å². The molecule has 6 heteroatoms. The van der Waals surface area contributed by atoms with E-state index >= 15 is 0 Å². The number of aliphatic hydroxyl groups is 4. The fourth-order valence-electron chi connectivity index (χ4n) is 9.93. The molecule has 0 aromatic rings. The highest BCUT2D eigenvalue weighted by Crippen LogP contribution is 2.19. The fourth-order valence-corrected chi connectivity index (χ4v) is 9.93. The highest BCUT2D eigenvalue weighted by molar-refractivity contribution is 5.80. The van der Waals surface area contributed by atoms with Gasteiger partial charge >= 0.3 is 0 Å². The van der Waals surface area contributed by atoms with Gasteiger partial charge in [0.1, 0.15) is 12.2 Å². The predicted molar refractivity (Wildman–Crippen MR) is 293 cm³/mol. The Bertz CT molecular complexity index is 975. The summed E-state index contributed by atoms with van der Waals surface area (Å²) < 4.78 is 0. The molecule has 0 heterocycles. The van der Waals surface area contributed by atoms with Crippen LogP contribution in [0.3, 0.4) is 0 Å². The number of hydrogen-bond acceptors (Lipinski definition) is 5. The first kappa shape index (κ1) is 66.0. The first-order valence-electron chi connectivity index (χ1n) is 30.6. The molecule has 0 rings (SSSR count). The molecule has 0 aromatic carbocycles. The molecule has 0 saturated heterocycles. The van der Waals surface area contributed by atoms with Crippen molar-refractivity contribution >= 4 is 5.91 Å². The van der Waals surface area contributed by atoms with E-state index in [9.17, 15) is 25.2 Å². The van der Waals surface area contributed by atoms with Crippen LogP contribution in [-0.4, -0.2) is 57.3 Å². The second kappa shape index (κ2) is 56.0. The Morgan fingerprint density at radius 1 is 0.358 bits per heavy atom. The molecule has 1 amide bonds. The minimum absolute atomic E-state index is 0.365. The predicted octanol–water partition coefficient (Wildman–Crippen LogP) is 18.0. The van der Waals surface area contributed by atoms with E-state index in [-0.39, 0.29) is 0 Å². The summed E-state index contributed by atoms with van der Waals surface area (Å²) >= 11 is 0. The van der Waals surface area contributed by atoms with E-state index in [1.165, 1.54) is 270 Å². The standard InChI is InChI=1S/C61H121NO5/c1-3-5-7-9-11-13-15-17-19-21-23-25-27-28-29-30-31-32-33-35-36-38-40-42-44-46-48-50-52-54-58(64)60(66)57(56-63)62-61(67)59(65)55-53-51-49-47-45-43-41-39-37-34-26-24-22-20-18-16-14-12-10-8-6-4-2/h37,39,57-60,63-66H,3-36,38,40-56H2,1-2H3,(H,62,67)/b39-37-. The van der Waals surface area contributed by atoms with Crippen molar-refractivity contribution in [3.8, 4) is 0 Å². The first-order chi connectivity index (χ1) is 33.0. The van der Waals surface area contributed by atoms with Gasteiger partial charge in [-0.25, -0.2) is 0 Å². The van der Waals surface area contributed by atoms with Crippen LogP contribution in [0.1, 0.15) is 341 Å². The summed E-state index contributed by atoms with van der Waals surface area (Å²) in [6.07, 6.45) is 67.3. The fraction of sp³-hybridized carbons (Fsp3) is 0.951. The molecule has 0 aliphatic rings. The Morgan fingerprint density at radius 3 is 0.866 bits per heavy atom. The smallest absolute Gasteiger partial charge is 0.249 e. The molecule has 0 saturated carbocycles. The molecule has 0 spiro atoms. The summed E-state index contributed by atoms with van der Waals surface area (Å²) in [6, 6.07) is -0.987. The van der Waals surface area contributed by atoms with Gasteiger partial charge in [0, 0.05) is 0 Å². The number of nitrogens with one attached hydrogen (secondary N) is 1. The van der Waals surface area contributed by atoms with E-state index in [1.807, 2.05) is 0 Å². The zero-order valence-corrected chi connectivity index (χ0v) is 45.4. The van der Waals surface area contributed by atoms with Crippen molar-refractivity contribution in [3.05, 3.63) is 12.2 Å². The average Bonchev–Trinajstić information content (AvgIpc) is 3.33. The molecule has 400 valence electrons. The van der Waals surface area contributed by atoms with Crippen LogP contribution in [0.15, 0.2) is 12.2 Å². The van der Waals surface area contributed by atoms with Gasteiger partial charge in [0.25, 0.3) is 0 Å². The van der Waals surface area contributed by atoms with Crippen molar-refractivity contribution < 1.29 is 25.2 Å². The van der Waals surface area contributed by atoms with E-state index in [0.29, 0.717) is 12.8 Å². The van der Waals surface area contributed by atoms with Gasteiger partial charge in [-0.05, 0) is 38.5 Å². The van der Waals surface area contributed by atoms with Crippen LogP contribution >= 0.6 is 0 Å². The van der Waals surface area contributed by atoms with Crippen molar-refractivity contribution in [2.75, 3.05) is 6.61 Å². The lowest BCUT2D eigenvalue weighted by molar-refractivity contribution is -0.132. The molecule has 5 N–H and O–H groups in total. The van der Waals surface area contributed by atoms with E-state index in [4.69, 9.17) is 0 Å². The molecule has 0 aliphatic heterocycles. The van der Waals surface area contributed by atoms with Gasteiger partial charge in [0.05, 0.1) is 18.8 Å². The Morgan fingerprint density at radius 2 is 0.597 bits per heavy atom. The monoisotopic (exact) mass is 948 g/mol. The lowest BCUT2D eigenvalue weighted by Crippen LogP contribution is -2.53. The summed E-state index contributed by atoms with van der Waals surface area (Å²) in [5, 5.41) is 44.1. The number of allylic oxidation sites excluding steroid dienone is 2. The highest BCUT2D eigenvalue weighted by atomic mass is 16.3. The molecule has 6 nitrogen and oxygen atoms in total. The lowest BCUT2D eigenvalue weighted by Gasteiger charge is -2.27. The number of unbranched alkanes of at least 4 members (excludes halogenated alkanes) is 46. The Labute approximate surface area is 419 Å². The van der Waals surface area contributed by atoms with Gasteiger partial charge in [0.2, 0.25) is 5.91 Å². The van der Waals surface area contributed by atoms with E-state index in [0.717, 1.165) is 44.9 Å². The average molecular weight is 949 g/mol. The molecule has 4 unspecified atom stereocenters. The largest absolute Gasteiger partial charge is 0.394 e. The maximum atomic E-state index is 12.6. The van der Waals surface area contributed by atoms with Crippen molar-refractivity contribution in [3.63, 3.8) is 0 Å². The maximum Gasteiger partial charge on any atom is 0.249 e. The molecule has 0 bridgehead atoms. The molecule has 4 atom stereocenters. The Hall–Kier alpha value is -0.950. The van der Waals surface area contributed by atoms with Crippen molar-refractivity contribution in [1.29, 1.82) is 0 Å². The second-order valence-electron chi connectivity index (χ2n) is 21.4. The van der Waals surface area contributed by atoms with Crippen LogP contribution in [0.4, 0.5) is 0 Å². The van der Waals surface area contributed by atoms with Crippen LogP contribution in [0.25, 0.3) is 0 Å². The highest BCUT2D eigenvalue weighted by Gasteiger charge is 2.28. The summed E-state index contributed by atoms with van der Waals surface area (Å²) in [5.41, 5.74) is 0. The molecular formula is C61H121NO5. The quantitative estimate of drug-likeness (QED) is 0.0308. The third kappa shape index (κ3) is 49.8. The topological polar surface area (TPSA) is 110 Å². The molecule has 0 aromatic heterocycles. The van der Waals surface area contributed by atoms with Crippen LogP contribution in [-0.2, 0) is 4.79 Å². The van der Waals surface area contributed by atoms with Gasteiger partial charge in [-0.2, -0.15) is 0 Å². The number of amides is 1. The molecule has 0 aliphatic carbocycles. The number of carbonyl (C=O) groups excluding carboxylic acids is 1. The zero-order chi connectivity index (χ0) is 48.8. The number of carbonyl (C=O) groups is 1. The molecule has 0 radical (unpaired) electrons. The third-order valence-corrected chi connectivity index (χ3v) is 14.7. The normalized spacial score (nSPS) is 13.7. The van der Waals surface area contributed by atoms with Crippen LogP contribution < -0.4 is 5.32 Å². The van der Waals surface area contributed by atoms with Crippen molar-refractivity contribution in [1.82, 2.24) is 5.32 Å². The SMILES string of the molecule is CCCCCCCCCCCCCC/C=C\CCCCCCCCC(O)C(=O)NC(CO)C(O)C(O)CCCCCCCCCCCCCCCCCCCCCCCCCCCCCCC. The summed E-state index contributed by atoms with van der Waals surface area (Å²) in [5.74, 6) is -0.582. The van der Waals surface area contributed by atoms with Gasteiger partial charge in [-0.1, -0.05) is 315 Å².